The first-order chi connectivity index (χ1) is 4.61. The number of rotatable bonds is 0. The van der Waals surface area contributed by atoms with Crippen molar-refractivity contribution in [2.45, 2.75) is 37.9 Å². The van der Waals surface area contributed by atoms with E-state index in [1.54, 1.807) is 6.92 Å². The van der Waals surface area contributed by atoms with Crippen LogP contribution in [-0.2, 0) is 4.74 Å². The molecule has 0 amide bonds. The summed E-state index contributed by atoms with van der Waals surface area (Å²) in [5.74, 6) is 0. The van der Waals surface area contributed by atoms with Crippen molar-refractivity contribution in [3.63, 3.8) is 0 Å². The van der Waals surface area contributed by atoms with Crippen LogP contribution in [0.1, 0.15) is 13.3 Å². The maximum absolute atomic E-state index is 9.07. The van der Waals surface area contributed by atoms with Gasteiger partial charge in [0.15, 0.2) is 6.29 Å². The topological polar surface area (TPSA) is 69.9 Å². The van der Waals surface area contributed by atoms with Crippen molar-refractivity contribution in [3.05, 3.63) is 0 Å². The summed E-state index contributed by atoms with van der Waals surface area (Å²) in [4.78, 5) is 0. The molecule has 1 aliphatic heterocycles. The second-order valence-electron chi connectivity index (χ2n) is 2.60. The summed E-state index contributed by atoms with van der Waals surface area (Å²) in [7, 11) is 0. The summed E-state index contributed by atoms with van der Waals surface area (Å²) in [6.07, 6.45) is -2.97. The Kier molecular flexibility index (Phi) is 2.25. The maximum Gasteiger partial charge on any atom is 0.181 e. The van der Waals surface area contributed by atoms with E-state index in [9.17, 15) is 0 Å². The van der Waals surface area contributed by atoms with E-state index in [0.717, 1.165) is 0 Å². The van der Waals surface area contributed by atoms with Gasteiger partial charge in [-0.25, -0.2) is 0 Å². The van der Waals surface area contributed by atoms with E-state index in [0.29, 0.717) is 0 Å². The average molecular weight is 148 g/mol. The Balaban J connectivity index is 2.46. The van der Waals surface area contributed by atoms with Gasteiger partial charge in [-0.15, -0.1) is 0 Å². The predicted molar refractivity (Wildman–Crippen MR) is 33.2 cm³/mol. The Morgan fingerprint density at radius 2 is 1.80 bits per heavy atom. The summed E-state index contributed by atoms with van der Waals surface area (Å²) in [6, 6.07) is 0. The van der Waals surface area contributed by atoms with Gasteiger partial charge in [-0.1, -0.05) is 0 Å². The zero-order valence-electron chi connectivity index (χ0n) is 5.77. The lowest BCUT2D eigenvalue weighted by atomic mass is 10.0. The Hall–Kier alpha value is -0.160. The summed E-state index contributed by atoms with van der Waals surface area (Å²) in [5, 5.41) is 26.9. The van der Waals surface area contributed by atoms with Gasteiger partial charge < -0.3 is 20.1 Å². The SMILES string of the molecule is CC1O[C@@H](O)[C@@H](O)C[C@H]1O. The molecule has 1 unspecified atom stereocenters. The fourth-order valence-electron chi connectivity index (χ4n) is 0.957. The van der Waals surface area contributed by atoms with Gasteiger partial charge in [-0.3, -0.25) is 0 Å². The van der Waals surface area contributed by atoms with E-state index in [2.05, 4.69) is 0 Å². The predicted octanol–water partition coefficient (Wildman–Crippen LogP) is -1.16. The Morgan fingerprint density at radius 1 is 1.20 bits per heavy atom. The first-order valence-corrected chi connectivity index (χ1v) is 3.31. The zero-order chi connectivity index (χ0) is 7.72. The molecule has 1 rings (SSSR count). The third-order valence-corrected chi connectivity index (χ3v) is 1.71. The van der Waals surface area contributed by atoms with Crippen molar-refractivity contribution in [1.29, 1.82) is 0 Å². The van der Waals surface area contributed by atoms with Crippen molar-refractivity contribution in [2.24, 2.45) is 0 Å². The molecule has 10 heavy (non-hydrogen) atoms. The Bertz CT molecular complexity index is 90.3. The van der Waals surface area contributed by atoms with E-state index in [1.165, 1.54) is 0 Å². The molecule has 0 aliphatic carbocycles. The zero-order valence-corrected chi connectivity index (χ0v) is 5.77. The summed E-state index contributed by atoms with van der Waals surface area (Å²) in [6.45, 7) is 1.65. The number of aliphatic hydroxyl groups excluding tert-OH is 3. The Labute approximate surface area is 59.1 Å². The molecule has 3 N–H and O–H groups in total. The quantitative estimate of drug-likeness (QED) is 0.405. The molecule has 1 aliphatic rings. The normalized spacial score (nSPS) is 49.2. The second-order valence-corrected chi connectivity index (χ2v) is 2.60. The van der Waals surface area contributed by atoms with Gasteiger partial charge in [0.25, 0.3) is 0 Å². The third-order valence-electron chi connectivity index (χ3n) is 1.71. The lowest BCUT2D eigenvalue weighted by Crippen LogP contribution is -2.45. The lowest BCUT2D eigenvalue weighted by molar-refractivity contribution is -0.240. The minimum absolute atomic E-state index is 0.183. The number of hydrogen-bond acceptors (Lipinski definition) is 4. The van der Waals surface area contributed by atoms with Crippen LogP contribution in [0.2, 0.25) is 0 Å². The molecule has 0 aromatic rings. The first-order valence-electron chi connectivity index (χ1n) is 3.31. The van der Waals surface area contributed by atoms with Crippen LogP contribution in [0.4, 0.5) is 0 Å². The average Bonchev–Trinajstić information content (AvgIpc) is 1.84. The van der Waals surface area contributed by atoms with Gasteiger partial charge >= 0.3 is 0 Å². The van der Waals surface area contributed by atoms with Gasteiger partial charge in [0, 0.05) is 6.42 Å². The third kappa shape index (κ3) is 1.46. The van der Waals surface area contributed by atoms with Crippen LogP contribution in [0, 0.1) is 0 Å². The maximum atomic E-state index is 9.07. The van der Waals surface area contributed by atoms with E-state index in [-0.39, 0.29) is 6.42 Å². The van der Waals surface area contributed by atoms with Crippen molar-refractivity contribution in [3.8, 4) is 0 Å². The molecular weight excluding hydrogens is 136 g/mol. The van der Waals surface area contributed by atoms with Crippen LogP contribution in [-0.4, -0.2) is 39.9 Å². The molecule has 0 radical (unpaired) electrons. The van der Waals surface area contributed by atoms with Crippen molar-refractivity contribution >= 4 is 0 Å². The molecule has 4 nitrogen and oxygen atoms in total. The van der Waals surface area contributed by atoms with E-state index < -0.39 is 24.6 Å². The molecule has 1 saturated heterocycles. The highest BCUT2D eigenvalue weighted by Gasteiger charge is 2.32. The van der Waals surface area contributed by atoms with Gasteiger partial charge in [-0.05, 0) is 6.92 Å². The lowest BCUT2D eigenvalue weighted by Gasteiger charge is -2.32. The molecule has 0 spiro atoms. The fraction of sp³-hybridized carbons (Fsp3) is 1.00. The standard InChI is InChI=1S/C6H12O4/c1-3-4(7)2-5(8)6(9)10-3/h3-9H,2H2,1H3/t3?,4-,5+,6-/m1/s1. The molecule has 4 atom stereocenters. The van der Waals surface area contributed by atoms with Crippen LogP contribution < -0.4 is 0 Å². The molecule has 4 heteroatoms. The minimum atomic E-state index is -1.14. The van der Waals surface area contributed by atoms with E-state index >= 15 is 0 Å². The summed E-state index contributed by atoms with van der Waals surface area (Å²) >= 11 is 0. The van der Waals surface area contributed by atoms with Gasteiger partial charge in [-0.2, -0.15) is 0 Å². The van der Waals surface area contributed by atoms with E-state index in [4.69, 9.17) is 20.1 Å². The van der Waals surface area contributed by atoms with Gasteiger partial charge in [0.2, 0.25) is 0 Å². The van der Waals surface area contributed by atoms with E-state index in [1.807, 2.05) is 0 Å². The van der Waals surface area contributed by atoms with Crippen molar-refractivity contribution in [2.75, 3.05) is 0 Å². The Morgan fingerprint density at radius 3 is 2.30 bits per heavy atom. The van der Waals surface area contributed by atoms with Crippen molar-refractivity contribution < 1.29 is 20.1 Å². The molecule has 1 heterocycles. The summed E-state index contributed by atoms with van der Waals surface area (Å²) < 4.78 is 4.77. The largest absolute Gasteiger partial charge is 0.390 e. The molecule has 0 saturated carbocycles. The fourth-order valence-corrected chi connectivity index (χ4v) is 0.957. The number of aliphatic hydroxyl groups is 3. The van der Waals surface area contributed by atoms with Crippen LogP contribution >= 0.6 is 0 Å². The van der Waals surface area contributed by atoms with Crippen LogP contribution in [0.5, 0.6) is 0 Å². The smallest absolute Gasteiger partial charge is 0.181 e. The molecule has 1 fully saturated rings. The number of hydrogen-bond donors (Lipinski definition) is 3. The summed E-state index contributed by atoms with van der Waals surface area (Å²) in [5.41, 5.74) is 0. The highest BCUT2D eigenvalue weighted by Crippen LogP contribution is 2.17. The highest BCUT2D eigenvalue weighted by atomic mass is 16.6. The molecule has 60 valence electrons. The number of ether oxygens (including phenoxy) is 1. The highest BCUT2D eigenvalue weighted by molar-refractivity contribution is 4.76. The molecule has 0 aromatic carbocycles. The van der Waals surface area contributed by atoms with Crippen molar-refractivity contribution in [1.82, 2.24) is 0 Å². The van der Waals surface area contributed by atoms with Gasteiger partial charge in [0.1, 0.15) is 6.10 Å². The van der Waals surface area contributed by atoms with Gasteiger partial charge in [0.05, 0.1) is 12.2 Å². The van der Waals surface area contributed by atoms with Crippen LogP contribution in [0.3, 0.4) is 0 Å². The second kappa shape index (κ2) is 2.84. The van der Waals surface area contributed by atoms with Crippen LogP contribution in [0.15, 0.2) is 0 Å². The molecular formula is C6H12O4. The minimum Gasteiger partial charge on any atom is -0.390 e. The van der Waals surface area contributed by atoms with Crippen LogP contribution in [0.25, 0.3) is 0 Å². The monoisotopic (exact) mass is 148 g/mol. The first kappa shape index (κ1) is 7.94. The molecule has 0 bridgehead atoms. The molecule has 0 aromatic heterocycles.